The Balaban J connectivity index is 1.17. The molecule has 3 aromatic heterocycles. The molecule has 0 radical (unpaired) electrons. The summed E-state index contributed by atoms with van der Waals surface area (Å²) in [5.74, 6) is 0.763. The predicted octanol–water partition coefficient (Wildman–Crippen LogP) is 2.63. The van der Waals surface area contributed by atoms with E-state index in [0.717, 1.165) is 37.4 Å². The lowest BCUT2D eigenvalue weighted by atomic mass is 10.0. The third-order valence-corrected chi connectivity index (χ3v) is 6.48. The molecule has 4 aromatic rings. The Labute approximate surface area is 182 Å². The highest BCUT2D eigenvalue weighted by molar-refractivity contribution is 7.13. The maximum Gasteiger partial charge on any atom is 0.261 e. The Morgan fingerprint density at radius 3 is 2.84 bits per heavy atom. The van der Waals surface area contributed by atoms with Crippen LogP contribution in [0.3, 0.4) is 0 Å². The Bertz CT molecular complexity index is 1250. The van der Waals surface area contributed by atoms with Gasteiger partial charge in [-0.15, -0.1) is 11.3 Å². The zero-order chi connectivity index (χ0) is 21.2. The van der Waals surface area contributed by atoms with Gasteiger partial charge in [0.15, 0.2) is 5.82 Å². The summed E-state index contributed by atoms with van der Waals surface area (Å²) in [5.41, 5.74) is 1.46. The lowest BCUT2D eigenvalue weighted by molar-refractivity contribution is -0.122. The SMILES string of the molecule is O=C(Cn1cnc2ccccc2c1=O)NC1CCN(c2cc(-c3cccs3)[nH]n2)CC1. The lowest BCUT2D eigenvalue weighted by Crippen LogP contribution is -2.46. The number of carbonyl (C=O) groups is 1. The van der Waals surface area contributed by atoms with Crippen LogP contribution in [0.4, 0.5) is 5.82 Å². The van der Waals surface area contributed by atoms with Crippen molar-refractivity contribution in [3.8, 4) is 10.6 Å². The van der Waals surface area contributed by atoms with E-state index >= 15 is 0 Å². The van der Waals surface area contributed by atoms with Crippen LogP contribution in [-0.4, -0.2) is 44.8 Å². The van der Waals surface area contributed by atoms with Crippen LogP contribution < -0.4 is 15.8 Å². The number of para-hydroxylation sites is 1. The van der Waals surface area contributed by atoms with E-state index in [2.05, 4.69) is 37.5 Å². The minimum atomic E-state index is -0.198. The number of H-pyrrole nitrogens is 1. The molecule has 8 nitrogen and oxygen atoms in total. The number of aromatic amines is 1. The van der Waals surface area contributed by atoms with Crippen molar-refractivity contribution in [3.05, 3.63) is 64.5 Å². The standard InChI is InChI=1S/C22H22N6O2S/c29-21(13-28-14-23-17-5-2-1-4-16(17)22(28)30)24-15-7-9-27(10-8-15)20-12-18(25-26-20)19-6-3-11-31-19/h1-6,11-12,14-15H,7-10,13H2,(H,24,29)(H,25,26). The number of piperidine rings is 1. The average Bonchev–Trinajstić information content (AvgIpc) is 3.48. The van der Waals surface area contributed by atoms with Gasteiger partial charge < -0.3 is 10.2 Å². The molecule has 9 heteroatoms. The van der Waals surface area contributed by atoms with Crippen LogP contribution >= 0.6 is 11.3 Å². The van der Waals surface area contributed by atoms with Crippen LogP contribution in [0.1, 0.15) is 12.8 Å². The van der Waals surface area contributed by atoms with E-state index in [1.807, 2.05) is 17.5 Å². The zero-order valence-corrected chi connectivity index (χ0v) is 17.6. The van der Waals surface area contributed by atoms with Crippen molar-refractivity contribution in [2.45, 2.75) is 25.4 Å². The van der Waals surface area contributed by atoms with E-state index in [1.54, 1.807) is 29.5 Å². The van der Waals surface area contributed by atoms with Crippen LogP contribution in [0.15, 0.2) is 59.0 Å². The van der Waals surface area contributed by atoms with E-state index in [1.165, 1.54) is 15.8 Å². The molecule has 2 N–H and O–H groups in total. The Morgan fingerprint density at radius 2 is 2.03 bits per heavy atom. The highest BCUT2D eigenvalue weighted by atomic mass is 32.1. The minimum absolute atomic E-state index is 0.0274. The highest BCUT2D eigenvalue weighted by Gasteiger charge is 2.23. The van der Waals surface area contributed by atoms with Gasteiger partial charge in [0, 0.05) is 25.2 Å². The molecular weight excluding hydrogens is 412 g/mol. The van der Waals surface area contributed by atoms with Gasteiger partial charge in [-0.1, -0.05) is 18.2 Å². The van der Waals surface area contributed by atoms with Gasteiger partial charge in [0.2, 0.25) is 5.91 Å². The quantitative estimate of drug-likeness (QED) is 0.503. The second-order valence-electron chi connectivity index (χ2n) is 7.64. The highest BCUT2D eigenvalue weighted by Crippen LogP contribution is 2.27. The Hall–Kier alpha value is -3.46. The van der Waals surface area contributed by atoms with Gasteiger partial charge in [-0.05, 0) is 36.4 Å². The van der Waals surface area contributed by atoms with Crippen molar-refractivity contribution in [1.82, 2.24) is 25.1 Å². The number of fused-ring (bicyclic) bond motifs is 1. The van der Waals surface area contributed by atoms with E-state index in [4.69, 9.17) is 0 Å². The average molecular weight is 435 g/mol. The van der Waals surface area contributed by atoms with Gasteiger partial charge in [0.05, 0.1) is 27.8 Å². The number of nitrogens with zero attached hydrogens (tertiary/aromatic N) is 4. The molecule has 0 spiro atoms. The van der Waals surface area contributed by atoms with Gasteiger partial charge >= 0.3 is 0 Å². The summed E-state index contributed by atoms with van der Waals surface area (Å²) in [5, 5.41) is 13.2. The van der Waals surface area contributed by atoms with Crippen molar-refractivity contribution in [2.24, 2.45) is 0 Å². The van der Waals surface area contributed by atoms with Gasteiger partial charge in [-0.2, -0.15) is 5.10 Å². The third kappa shape index (κ3) is 4.09. The molecule has 0 bridgehead atoms. The van der Waals surface area contributed by atoms with Gasteiger partial charge in [-0.3, -0.25) is 19.3 Å². The number of hydrogen-bond donors (Lipinski definition) is 2. The molecule has 4 heterocycles. The van der Waals surface area contributed by atoms with E-state index in [9.17, 15) is 9.59 Å². The molecule has 0 aliphatic carbocycles. The number of carbonyl (C=O) groups excluding carboxylic acids is 1. The van der Waals surface area contributed by atoms with Crippen molar-refractivity contribution in [1.29, 1.82) is 0 Å². The first kappa shape index (κ1) is 19.5. The number of hydrogen-bond acceptors (Lipinski definition) is 6. The van der Waals surface area contributed by atoms with Crippen molar-refractivity contribution >= 4 is 34.0 Å². The molecule has 0 unspecified atom stereocenters. The van der Waals surface area contributed by atoms with Crippen LogP contribution in [-0.2, 0) is 11.3 Å². The van der Waals surface area contributed by atoms with Gasteiger partial charge in [0.25, 0.3) is 5.56 Å². The molecule has 1 aromatic carbocycles. The van der Waals surface area contributed by atoms with Crippen LogP contribution in [0.5, 0.6) is 0 Å². The van der Waals surface area contributed by atoms with Crippen molar-refractivity contribution in [2.75, 3.05) is 18.0 Å². The number of thiophene rings is 1. The largest absolute Gasteiger partial charge is 0.355 e. The molecule has 0 saturated carbocycles. The van der Waals surface area contributed by atoms with E-state index < -0.39 is 0 Å². The third-order valence-electron chi connectivity index (χ3n) is 5.58. The summed E-state index contributed by atoms with van der Waals surface area (Å²) >= 11 is 1.68. The van der Waals surface area contributed by atoms with E-state index in [-0.39, 0.29) is 24.1 Å². The van der Waals surface area contributed by atoms with E-state index in [0.29, 0.717) is 10.9 Å². The molecule has 1 aliphatic heterocycles. The molecule has 31 heavy (non-hydrogen) atoms. The fraction of sp³-hybridized carbons (Fsp3) is 0.273. The van der Waals surface area contributed by atoms with Gasteiger partial charge in [-0.25, -0.2) is 4.98 Å². The molecule has 0 atom stereocenters. The molecule has 1 fully saturated rings. The van der Waals surface area contributed by atoms with Crippen molar-refractivity contribution in [3.63, 3.8) is 0 Å². The number of anilines is 1. The Morgan fingerprint density at radius 1 is 1.19 bits per heavy atom. The Kier molecular flexibility index (Phi) is 5.25. The maximum absolute atomic E-state index is 12.6. The maximum atomic E-state index is 12.6. The number of benzene rings is 1. The summed E-state index contributed by atoms with van der Waals surface area (Å²) in [6.07, 6.45) is 3.10. The first-order valence-corrected chi connectivity index (χ1v) is 11.1. The number of aromatic nitrogens is 4. The zero-order valence-electron chi connectivity index (χ0n) is 16.8. The summed E-state index contributed by atoms with van der Waals surface area (Å²) in [4.78, 5) is 32.8. The monoisotopic (exact) mass is 434 g/mol. The summed E-state index contributed by atoms with van der Waals surface area (Å²) < 4.78 is 1.36. The minimum Gasteiger partial charge on any atom is -0.355 e. The molecule has 1 aliphatic rings. The fourth-order valence-corrected chi connectivity index (χ4v) is 4.62. The van der Waals surface area contributed by atoms with Gasteiger partial charge in [0.1, 0.15) is 6.54 Å². The number of nitrogens with one attached hydrogen (secondary N) is 2. The van der Waals surface area contributed by atoms with Crippen molar-refractivity contribution < 1.29 is 4.79 Å². The first-order valence-electron chi connectivity index (χ1n) is 10.2. The molecule has 1 amide bonds. The van der Waals surface area contributed by atoms with Crippen LogP contribution in [0.25, 0.3) is 21.5 Å². The molecule has 1 saturated heterocycles. The number of rotatable bonds is 5. The first-order chi connectivity index (χ1) is 15.2. The molecule has 158 valence electrons. The van der Waals surface area contributed by atoms with Crippen LogP contribution in [0, 0.1) is 0 Å². The fourth-order valence-electron chi connectivity index (χ4n) is 3.93. The second kappa shape index (κ2) is 8.35. The smallest absolute Gasteiger partial charge is 0.261 e. The normalized spacial score (nSPS) is 14.8. The number of amides is 1. The second-order valence-corrected chi connectivity index (χ2v) is 8.59. The predicted molar refractivity (Wildman–Crippen MR) is 121 cm³/mol. The summed E-state index contributed by atoms with van der Waals surface area (Å²) in [6.45, 7) is 1.61. The lowest BCUT2D eigenvalue weighted by Gasteiger charge is -2.32. The topological polar surface area (TPSA) is 95.9 Å². The molecular formula is C22H22N6O2S. The van der Waals surface area contributed by atoms with Crippen LogP contribution in [0.2, 0.25) is 0 Å². The summed E-state index contributed by atoms with van der Waals surface area (Å²) in [7, 11) is 0. The molecule has 5 rings (SSSR count). The summed E-state index contributed by atoms with van der Waals surface area (Å²) in [6, 6.07) is 13.4.